The van der Waals surface area contributed by atoms with Crippen molar-refractivity contribution in [1.82, 2.24) is 19.8 Å². The number of carbonyl (C=O) groups is 3. The molecule has 0 aliphatic carbocycles. The van der Waals surface area contributed by atoms with Gasteiger partial charge in [-0.25, -0.2) is 4.98 Å². The molecule has 0 spiro atoms. The first-order valence-corrected chi connectivity index (χ1v) is 11.0. The van der Waals surface area contributed by atoms with Crippen LogP contribution in [0.3, 0.4) is 0 Å². The summed E-state index contributed by atoms with van der Waals surface area (Å²) in [4.78, 5) is 51.1. The lowest BCUT2D eigenvalue weighted by Crippen LogP contribution is -2.36. The number of imidazole rings is 1. The summed E-state index contributed by atoms with van der Waals surface area (Å²) in [6.07, 6.45) is 1.65. The molecule has 1 fully saturated rings. The van der Waals surface area contributed by atoms with Gasteiger partial charge in [0.15, 0.2) is 0 Å². The predicted molar refractivity (Wildman–Crippen MR) is 121 cm³/mol. The first-order valence-electron chi connectivity index (χ1n) is 11.0. The maximum Gasteiger partial charge on any atom is 0.261 e. The molecule has 8 heteroatoms. The van der Waals surface area contributed by atoms with E-state index < -0.39 is 0 Å². The summed E-state index contributed by atoms with van der Waals surface area (Å²) in [6, 6.07) is 14.8. The molecule has 0 bridgehead atoms. The van der Waals surface area contributed by atoms with Gasteiger partial charge >= 0.3 is 0 Å². The van der Waals surface area contributed by atoms with E-state index in [0.717, 1.165) is 29.9 Å². The van der Waals surface area contributed by atoms with Gasteiger partial charge in [0.25, 0.3) is 11.8 Å². The maximum atomic E-state index is 12.8. The second kappa shape index (κ2) is 8.45. The molecule has 164 valence electrons. The Bertz CT molecular complexity index is 1120. The van der Waals surface area contributed by atoms with Crippen LogP contribution in [0.15, 0.2) is 48.5 Å². The number of hydrogen-bond donors (Lipinski definition) is 1. The molecule has 5 rings (SSSR count). The van der Waals surface area contributed by atoms with Gasteiger partial charge < -0.3 is 14.8 Å². The summed E-state index contributed by atoms with van der Waals surface area (Å²) < 4.78 is 0. The minimum Gasteiger partial charge on any atom is -0.341 e. The number of aromatic amines is 1. The molecule has 3 aromatic rings. The fourth-order valence-corrected chi connectivity index (χ4v) is 4.46. The SMILES string of the molecule is O=C(CCCN1C(=O)c2ccccc2C1=O)N1CCCN(c2nc3ccccc3[nH]2)CC1. The number of nitrogens with one attached hydrogen (secondary N) is 1. The molecule has 1 saturated heterocycles. The maximum absolute atomic E-state index is 12.8. The molecule has 0 unspecified atom stereocenters. The third kappa shape index (κ3) is 3.72. The predicted octanol–water partition coefficient (Wildman–Crippen LogP) is 2.68. The topological polar surface area (TPSA) is 89.6 Å². The third-order valence-corrected chi connectivity index (χ3v) is 6.18. The van der Waals surface area contributed by atoms with Crippen molar-refractivity contribution in [2.75, 3.05) is 37.6 Å². The Labute approximate surface area is 185 Å². The van der Waals surface area contributed by atoms with E-state index in [-0.39, 0.29) is 24.3 Å². The Kier molecular flexibility index (Phi) is 5.34. The van der Waals surface area contributed by atoms with Gasteiger partial charge in [-0.15, -0.1) is 0 Å². The minimum absolute atomic E-state index is 0.0630. The van der Waals surface area contributed by atoms with Gasteiger partial charge in [-0.2, -0.15) is 0 Å². The van der Waals surface area contributed by atoms with Crippen LogP contribution in [-0.4, -0.2) is 70.2 Å². The van der Waals surface area contributed by atoms with Crippen LogP contribution < -0.4 is 4.90 Å². The van der Waals surface area contributed by atoms with Crippen molar-refractivity contribution in [3.63, 3.8) is 0 Å². The number of H-pyrrole nitrogens is 1. The molecular weight excluding hydrogens is 406 g/mol. The molecule has 1 N–H and O–H groups in total. The van der Waals surface area contributed by atoms with Crippen LogP contribution in [0.5, 0.6) is 0 Å². The van der Waals surface area contributed by atoms with E-state index in [2.05, 4.69) is 14.9 Å². The fourth-order valence-electron chi connectivity index (χ4n) is 4.46. The number of imide groups is 1. The van der Waals surface area contributed by atoms with Gasteiger partial charge in [-0.1, -0.05) is 24.3 Å². The molecule has 0 radical (unpaired) electrons. The molecule has 2 aromatic carbocycles. The molecule has 0 atom stereocenters. The molecular formula is C24H25N5O3. The van der Waals surface area contributed by atoms with Crippen molar-refractivity contribution < 1.29 is 14.4 Å². The lowest BCUT2D eigenvalue weighted by Gasteiger charge is -2.22. The average molecular weight is 431 g/mol. The fraction of sp³-hybridized carbons (Fsp3) is 0.333. The van der Waals surface area contributed by atoms with Gasteiger partial charge in [0.2, 0.25) is 11.9 Å². The standard InChI is InChI=1S/C24H25N5O3/c30-21(11-5-14-29-22(31)17-7-1-2-8-18(17)23(29)32)27-12-6-13-28(16-15-27)24-25-19-9-3-4-10-20(19)26-24/h1-4,7-10H,5-6,11-16H2,(H,25,26). The van der Waals surface area contributed by atoms with E-state index in [1.54, 1.807) is 24.3 Å². The average Bonchev–Trinajstić information content (AvgIpc) is 3.22. The number of amides is 3. The monoisotopic (exact) mass is 431 g/mol. The van der Waals surface area contributed by atoms with Crippen LogP contribution in [-0.2, 0) is 4.79 Å². The van der Waals surface area contributed by atoms with Crippen molar-refractivity contribution in [3.05, 3.63) is 59.7 Å². The number of rotatable bonds is 5. The van der Waals surface area contributed by atoms with Crippen LogP contribution in [0.25, 0.3) is 11.0 Å². The zero-order valence-corrected chi connectivity index (χ0v) is 17.8. The van der Waals surface area contributed by atoms with Crippen LogP contribution in [0.2, 0.25) is 0 Å². The Morgan fingerprint density at radius 2 is 1.62 bits per heavy atom. The van der Waals surface area contributed by atoms with E-state index in [9.17, 15) is 14.4 Å². The largest absolute Gasteiger partial charge is 0.341 e. The van der Waals surface area contributed by atoms with Crippen molar-refractivity contribution in [1.29, 1.82) is 0 Å². The van der Waals surface area contributed by atoms with Gasteiger partial charge in [-0.3, -0.25) is 19.3 Å². The number of benzene rings is 2. The summed E-state index contributed by atoms with van der Waals surface area (Å²) in [5, 5.41) is 0. The van der Waals surface area contributed by atoms with Gasteiger partial charge in [0.05, 0.1) is 22.2 Å². The highest BCUT2D eigenvalue weighted by Gasteiger charge is 2.34. The summed E-state index contributed by atoms with van der Waals surface area (Å²) in [7, 11) is 0. The number of nitrogens with zero attached hydrogens (tertiary/aromatic N) is 4. The summed E-state index contributed by atoms with van der Waals surface area (Å²) >= 11 is 0. The van der Waals surface area contributed by atoms with E-state index in [1.165, 1.54) is 4.90 Å². The molecule has 8 nitrogen and oxygen atoms in total. The van der Waals surface area contributed by atoms with Crippen molar-refractivity contribution in [2.24, 2.45) is 0 Å². The first kappa shape index (κ1) is 20.2. The quantitative estimate of drug-likeness (QED) is 0.628. The van der Waals surface area contributed by atoms with E-state index >= 15 is 0 Å². The highest BCUT2D eigenvalue weighted by molar-refractivity contribution is 6.21. The normalized spacial score (nSPS) is 16.6. The van der Waals surface area contributed by atoms with Crippen LogP contribution in [0, 0.1) is 0 Å². The number of carbonyl (C=O) groups excluding carboxylic acids is 3. The molecule has 32 heavy (non-hydrogen) atoms. The van der Waals surface area contributed by atoms with Crippen LogP contribution in [0.4, 0.5) is 5.95 Å². The number of hydrogen-bond acceptors (Lipinski definition) is 5. The lowest BCUT2D eigenvalue weighted by atomic mass is 10.1. The highest BCUT2D eigenvalue weighted by atomic mass is 16.2. The molecule has 1 aromatic heterocycles. The zero-order valence-electron chi connectivity index (χ0n) is 17.8. The molecule has 3 heterocycles. The van der Waals surface area contributed by atoms with E-state index in [1.807, 2.05) is 29.2 Å². The summed E-state index contributed by atoms with van der Waals surface area (Å²) in [5.74, 6) is 0.364. The van der Waals surface area contributed by atoms with E-state index in [0.29, 0.717) is 43.6 Å². The first-order chi connectivity index (χ1) is 15.6. The Morgan fingerprint density at radius 3 is 2.38 bits per heavy atom. The van der Waals surface area contributed by atoms with Gasteiger partial charge in [-0.05, 0) is 37.1 Å². The van der Waals surface area contributed by atoms with Gasteiger partial charge in [0.1, 0.15) is 0 Å². The summed E-state index contributed by atoms with van der Waals surface area (Å²) in [6.45, 7) is 3.13. The van der Waals surface area contributed by atoms with Crippen molar-refractivity contribution in [2.45, 2.75) is 19.3 Å². The second-order valence-electron chi connectivity index (χ2n) is 8.21. The molecule has 2 aliphatic heterocycles. The number of para-hydroxylation sites is 2. The Morgan fingerprint density at radius 1 is 0.906 bits per heavy atom. The van der Waals surface area contributed by atoms with E-state index in [4.69, 9.17) is 0 Å². The Balaban J connectivity index is 1.14. The minimum atomic E-state index is -0.269. The number of aromatic nitrogens is 2. The highest BCUT2D eigenvalue weighted by Crippen LogP contribution is 2.23. The Hall–Kier alpha value is -3.68. The van der Waals surface area contributed by atoms with Crippen molar-refractivity contribution >= 4 is 34.7 Å². The third-order valence-electron chi connectivity index (χ3n) is 6.18. The lowest BCUT2D eigenvalue weighted by molar-refractivity contribution is -0.131. The molecule has 2 aliphatic rings. The zero-order chi connectivity index (χ0) is 22.1. The second-order valence-corrected chi connectivity index (χ2v) is 8.21. The van der Waals surface area contributed by atoms with Crippen LogP contribution >= 0.6 is 0 Å². The molecule has 0 saturated carbocycles. The molecule has 3 amide bonds. The smallest absolute Gasteiger partial charge is 0.261 e. The summed E-state index contributed by atoms with van der Waals surface area (Å²) in [5.41, 5.74) is 2.84. The van der Waals surface area contributed by atoms with Gasteiger partial charge in [0, 0.05) is 39.1 Å². The number of fused-ring (bicyclic) bond motifs is 2. The number of anilines is 1. The van der Waals surface area contributed by atoms with Crippen LogP contribution in [0.1, 0.15) is 40.0 Å². The van der Waals surface area contributed by atoms with Crippen molar-refractivity contribution in [3.8, 4) is 0 Å².